The van der Waals surface area contributed by atoms with Crippen LogP contribution >= 0.6 is 0 Å². The van der Waals surface area contributed by atoms with E-state index in [9.17, 15) is 14.4 Å². The molecule has 1 N–H and O–H groups in total. The number of nitrogens with zero attached hydrogens (tertiary/aromatic N) is 2. The van der Waals surface area contributed by atoms with Gasteiger partial charge in [-0.2, -0.15) is 0 Å². The average molecular weight is 361 g/mol. The van der Waals surface area contributed by atoms with Crippen LogP contribution in [0.3, 0.4) is 0 Å². The summed E-state index contributed by atoms with van der Waals surface area (Å²) in [6.07, 6.45) is -0.350. The topological polar surface area (TPSA) is 79.0 Å². The van der Waals surface area contributed by atoms with Crippen LogP contribution in [0.5, 0.6) is 0 Å². The first-order chi connectivity index (χ1) is 12.2. The van der Waals surface area contributed by atoms with Crippen molar-refractivity contribution in [3.8, 4) is 0 Å². The molecule has 0 aromatic heterocycles. The molecule has 1 aromatic rings. The van der Waals surface area contributed by atoms with Gasteiger partial charge in [0.25, 0.3) is 5.91 Å². The zero-order valence-corrected chi connectivity index (χ0v) is 15.9. The van der Waals surface area contributed by atoms with E-state index < -0.39 is 5.41 Å². The van der Waals surface area contributed by atoms with Gasteiger partial charge in [0.1, 0.15) is 0 Å². The van der Waals surface area contributed by atoms with Gasteiger partial charge in [0.2, 0.25) is 5.91 Å². The van der Waals surface area contributed by atoms with Crippen molar-refractivity contribution in [1.82, 2.24) is 9.80 Å². The lowest BCUT2D eigenvalue weighted by Gasteiger charge is -2.34. The molecule has 0 saturated carbocycles. The van der Waals surface area contributed by atoms with Crippen LogP contribution in [-0.2, 0) is 9.53 Å². The Morgan fingerprint density at radius 1 is 1.04 bits per heavy atom. The summed E-state index contributed by atoms with van der Waals surface area (Å²) in [5.74, 6) is -0.303. The predicted molar refractivity (Wildman–Crippen MR) is 99.0 cm³/mol. The van der Waals surface area contributed by atoms with E-state index in [2.05, 4.69) is 5.32 Å². The number of hydrogen-bond donors (Lipinski definition) is 1. The third-order valence-electron chi connectivity index (χ3n) is 4.18. The van der Waals surface area contributed by atoms with Gasteiger partial charge in [0, 0.05) is 31.6 Å². The molecule has 1 aromatic carbocycles. The fraction of sp³-hybridized carbons (Fsp3) is 0.526. The number of ether oxygens (including phenoxy) is 1. The van der Waals surface area contributed by atoms with E-state index in [1.807, 2.05) is 20.8 Å². The maximum atomic E-state index is 12.9. The summed E-state index contributed by atoms with van der Waals surface area (Å²) in [5.41, 5.74) is 0.404. The number of nitrogens with one attached hydrogen (secondary N) is 1. The Labute approximate surface area is 154 Å². The quantitative estimate of drug-likeness (QED) is 0.897. The van der Waals surface area contributed by atoms with E-state index in [0.29, 0.717) is 44.0 Å². The minimum Gasteiger partial charge on any atom is -0.450 e. The SMILES string of the molecule is CCOC(=O)N1CCN(C(=O)c2ccccc2NC(=O)C(C)(C)C)CC1. The lowest BCUT2D eigenvalue weighted by molar-refractivity contribution is -0.123. The first-order valence-corrected chi connectivity index (χ1v) is 8.85. The molecule has 0 atom stereocenters. The lowest BCUT2D eigenvalue weighted by atomic mass is 9.95. The summed E-state index contributed by atoms with van der Waals surface area (Å²) in [6, 6.07) is 6.99. The highest BCUT2D eigenvalue weighted by molar-refractivity contribution is 6.04. The van der Waals surface area contributed by atoms with E-state index in [-0.39, 0.29) is 17.9 Å². The summed E-state index contributed by atoms with van der Waals surface area (Å²) in [7, 11) is 0. The number of anilines is 1. The number of carbonyl (C=O) groups is 3. The molecule has 1 aliphatic heterocycles. The molecule has 2 rings (SSSR count). The molecule has 0 aliphatic carbocycles. The zero-order valence-electron chi connectivity index (χ0n) is 15.9. The summed E-state index contributed by atoms with van der Waals surface area (Å²) in [4.78, 5) is 40.2. The third-order valence-corrected chi connectivity index (χ3v) is 4.18. The van der Waals surface area contributed by atoms with Crippen molar-refractivity contribution in [2.24, 2.45) is 5.41 Å². The highest BCUT2D eigenvalue weighted by Crippen LogP contribution is 2.22. The standard InChI is InChI=1S/C19H27N3O4/c1-5-26-18(25)22-12-10-21(11-13-22)16(23)14-8-6-7-9-15(14)20-17(24)19(2,3)4/h6-9H,5,10-13H2,1-4H3,(H,20,24). The molecular weight excluding hydrogens is 334 g/mol. The Morgan fingerprint density at radius 3 is 2.19 bits per heavy atom. The summed E-state index contributed by atoms with van der Waals surface area (Å²) >= 11 is 0. The maximum Gasteiger partial charge on any atom is 0.409 e. The Balaban J connectivity index is 2.07. The number of rotatable bonds is 3. The molecular formula is C19H27N3O4. The molecule has 7 nitrogen and oxygen atoms in total. The number of para-hydroxylation sites is 1. The summed E-state index contributed by atoms with van der Waals surface area (Å²) < 4.78 is 4.99. The largest absolute Gasteiger partial charge is 0.450 e. The average Bonchev–Trinajstić information content (AvgIpc) is 2.61. The van der Waals surface area contributed by atoms with Crippen molar-refractivity contribution < 1.29 is 19.1 Å². The predicted octanol–water partition coefficient (Wildman–Crippen LogP) is 2.59. The molecule has 26 heavy (non-hydrogen) atoms. The van der Waals surface area contributed by atoms with Gasteiger partial charge in [-0.25, -0.2) is 4.79 Å². The van der Waals surface area contributed by atoms with E-state index >= 15 is 0 Å². The van der Waals surface area contributed by atoms with Crippen molar-refractivity contribution in [3.63, 3.8) is 0 Å². The van der Waals surface area contributed by atoms with Gasteiger partial charge in [0.15, 0.2) is 0 Å². The molecule has 0 radical (unpaired) electrons. The first-order valence-electron chi connectivity index (χ1n) is 8.85. The first kappa shape index (κ1) is 19.8. The van der Waals surface area contributed by atoms with Crippen LogP contribution < -0.4 is 5.32 Å². The van der Waals surface area contributed by atoms with E-state index in [1.54, 1.807) is 41.0 Å². The molecule has 1 heterocycles. The Morgan fingerprint density at radius 2 is 1.62 bits per heavy atom. The van der Waals surface area contributed by atoms with Gasteiger partial charge in [-0.3, -0.25) is 9.59 Å². The second kappa shape index (κ2) is 8.21. The molecule has 7 heteroatoms. The van der Waals surface area contributed by atoms with Crippen molar-refractivity contribution >= 4 is 23.6 Å². The highest BCUT2D eigenvalue weighted by Gasteiger charge is 2.28. The number of amides is 3. The van der Waals surface area contributed by atoms with Crippen LogP contribution in [-0.4, -0.2) is 60.5 Å². The maximum absolute atomic E-state index is 12.9. The Hall–Kier alpha value is -2.57. The molecule has 0 unspecified atom stereocenters. The van der Waals surface area contributed by atoms with Crippen LogP contribution in [0.1, 0.15) is 38.1 Å². The second-order valence-electron chi connectivity index (χ2n) is 7.23. The second-order valence-corrected chi connectivity index (χ2v) is 7.23. The highest BCUT2D eigenvalue weighted by atomic mass is 16.6. The fourth-order valence-corrected chi connectivity index (χ4v) is 2.57. The number of hydrogen-bond acceptors (Lipinski definition) is 4. The van der Waals surface area contributed by atoms with Crippen LogP contribution in [0.4, 0.5) is 10.5 Å². The molecule has 0 spiro atoms. The van der Waals surface area contributed by atoms with Crippen molar-refractivity contribution in [2.45, 2.75) is 27.7 Å². The normalized spacial score (nSPS) is 14.8. The van der Waals surface area contributed by atoms with Crippen LogP contribution in [0.15, 0.2) is 24.3 Å². The zero-order chi connectivity index (χ0) is 19.3. The van der Waals surface area contributed by atoms with Gasteiger partial charge in [-0.1, -0.05) is 32.9 Å². The molecule has 142 valence electrons. The number of benzene rings is 1. The summed E-state index contributed by atoms with van der Waals surface area (Å²) in [6.45, 7) is 9.28. The van der Waals surface area contributed by atoms with Gasteiger partial charge in [0.05, 0.1) is 17.9 Å². The van der Waals surface area contributed by atoms with E-state index in [1.165, 1.54) is 0 Å². The summed E-state index contributed by atoms with van der Waals surface area (Å²) in [5, 5.41) is 2.84. The van der Waals surface area contributed by atoms with Gasteiger partial charge >= 0.3 is 6.09 Å². The van der Waals surface area contributed by atoms with E-state index in [4.69, 9.17) is 4.74 Å². The van der Waals surface area contributed by atoms with Gasteiger partial charge < -0.3 is 19.9 Å². The smallest absolute Gasteiger partial charge is 0.409 e. The third kappa shape index (κ3) is 4.74. The van der Waals surface area contributed by atoms with Crippen molar-refractivity contribution in [3.05, 3.63) is 29.8 Å². The minimum atomic E-state index is -0.554. The number of carbonyl (C=O) groups excluding carboxylic acids is 3. The molecule has 1 saturated heterocycles. The monoisotopic (exact) mass is 361 g/mol. The van der Waals surface area contributed by atoms with Crippen LogP contribution in [0, 0.1) is 5.41 Å². The van der Waals surface area contributed by atoms with E-state index in [0.717, 1.165) is 0 Å². The van der Waals surface area contributed by atoms with Crippen LogP contribution in [0.2, 0.25) is 0 Å². The van der Waals surface area contributed by atoms with Crippen molar-refractivity contribution in [1.29, 1.82) is 0 Å². The van der Waals surface area contributed by atoms with Crippen LogP contribution in [0.25, 0.3) is 0 Å². The van der Waals surface area contributed by atoms with Gasteiger partial charge in [-0.05, 0) is 19.1 Å². The van der Waals surface area contributed by atoms with Gasteiger partial charge in [-0.15, -0.1) is 0 Å². The Bertz CT molecular complexity index is 674. The lowest BCUT2D eigenvalue weighted by Crippen LogP contribution is -2.50. The van der Waals surface area contributed by atoms with Crippen molar-refractivity contribution in [2.75, 3.05) is 38.1 Å². The Kier molecular flexibility index (Phi) is 6.23. The number of piperazine rings is 1. The molecule has 0 bridgehead atoms. The fourth-order valence-electron chi connectivity index (χ4n) is 2.57. The minimum absolute atomic E-state index is 0.148. The molecule has 1 fully saturated rings. The molecule has 3 amide bonds. The molecule has 1 aliphatic rings.